The lowest BCUT2D eigenvalue weighted by molar-refractivity contribution is 0.0970. The van der Waals surface area contributed by atoms with Crippen molar-refractivity contribution in [2.75, 3.05) is 11.5 Å². The van der Waals surface area contributed by atoms with E-state index in [1.54, 1.807) is 13.0 Å². The van der Waals surface area contributed by atoms with E-state index in [2.05, 4.69) is 0 Å². The zero-order chi connectivity index (χ0) is 14.0. The fraction of sp³-hybridized carbons (Fsp3) is 0.538. The third-order valence-electron chi connectivity index (χ3n) is 3.48. The van der Waals surface area contributed by atoms with Crippen LogP contribution in [0.5, 0.6) is 0 Å². The lowest BCUT2D eigenvalue weighted by Crippen LogP contribution is -2.30. The highest BCUT2D eigenvalue weighted by atomic mass is 32.2. The van der Waals surface area contributed by atoms with Crippen LogP contribution in [0.2, 0.25) is 0 Å². The van der Waals surface area contributed by atoms with E-state index in [9.17, 15) is 18.0 Å². The van der Waals surface area contributed by atoms with E-state index in [1.807, 2.05) is 0 Å². The summed E-state index contributed by atoms with van der Waals surface area (Å²) in [6.45, 7) is 1.72. The van der Waals surface area contributed by atoms with E-state index in [-0.39, 0.29) is 29.4 Å². The fourth-order valence-electron chi connectivity index (χ4n) is 2.31. The fourth-order valence-corrected chi connectivity index (χ4v) is 3.06. The van der Waals surface area contributed by atoms with Gasteiger partial charge in [0.25, 0.3) is 5.56 Å². The standard InChI is InChI=1S/C13H17NO4S/c1-2-19(17,18)9-8-14-11-4-3-5-12(15)10(11)6-7-13(14)16/h6-7H,2-5,8-9H2,1H3. The molecule has 0 fully saturated rings. The number of rotatable bonds is 4. The van der Waals surface area contributed by atoms with Crippen molar-refractivity contribution < 1.29 is 13.2 Å². The molecule has 1 aromatic heterocycles. The summed E-state index contributed by atoms with van der Waals surface area (Å²) in [4.78, 5) is 23.6. The molecule has 0 amide bonds. The van der Waals surface area contributed by atoms with Crippen molar-refractivity contribution in [1.82, 2.24) is 4.57 Å². The average Bonchev–Trinajstić information content (AvgIpc) is 2.38. The summed E-state index contributed by atoms with van der Waals surface area (Å²) in [7, 11) is -3.12. The van der Waals surface area contributed by atoms with Gasteiger partial charge in [0.15, 0.2) is 15.6 Å². The molecule has 5 nitrogen and oxygen atoms in total. The van der Waals surface area contributed by atoms with Gasteiger partial charge in [0, 0.05) is 36.0 Å². The summed E-state index contributed by atoms with van der Waals surface area (Å²) in [5.74, 6) is 0.0392. The minimum Gasteiger partial charge on any atom is -0.311 e. The Hall–Kier alpha value is -1.43. The number of pyridine rings is 1. The summed E-state index contributed by atoms with van der Waals surface area (Å²) in [6.07, 6.45) is 1.87. The SMILES string of the molecule is CCS(=O)(=O)CCn1c2c(ccc1=O)C(=O)CCC2. The summed E-state index contributed by atoms with van der Waals surface area (Å²) in [6, 6.07) is 2.91. The molecule has 0 atom stereocenters. The van der Waals surface area contributed by atoms with Crippen LogP contribution in [0.25, 0.3) is 0 Å². The Morgan fingerprint density at radius 2 is 1.95 bits per heavy atom. The van der Waals surface area contributed by atoms with E-state index >= 15 is 0 Å². The van der Waals surface area contributed by atoms with E-state index < -0.39 is 9.84 Å². The zero-order valence-electron chi connectivity index (χ0n) is 10.9. The maximum Gasteiger partial charge on any atom is 0.250 e. The molecule has 0 unspecified atom stereocenters. The Morgan fingerprint density at radius 3 is 2.63 bits per heavy atom. The first kappa shape index (κ1) is 14.0. The topological polar surface area (TPSA) is 73.2 Å². The molecule has 1 aromatic rings. The summed E-state index contributed by atoms with van der Waals surface area (Å²) in [5.41, 5.74) is 1.02. The van der Waals surface area contributed by atoms with Crippen LogP contribution >= 0.6 is 0 Å². The Labute approximate surface area is 112 Å². The van der Waals surface area contributed by atoms with Gasteiger partial charge < -0.3 is 4.57 Å². The minimum atomic E-state index is -3.12. The summed E-state index contributed by atoms with van der Waals surface area (Å²) in [5, 5.41) is 0. The number of ketones is 1. The van der Waals surface area contributed by atoms with Crippen LogP contribution in [-0.2, 0) is 22.8 Å². The van der Waals surface area contributed by atoms with Crippen molar-refractivity contribution in [3.8, 4) is 0 Å². The molecule has 104 valence electrons. The van der Waals surface area contributed by atoms with Crippen LogP contribution < -0.4 is 5.56 Å². The maximum atomic E-state index is 11.9. The molecule has 19 heavy (non-hydrogen) atoms. The van der Waals surface area contributed by atoms with Gasteiger partial charge in [0.1, 0.15) is 0 Å². The minimum absolute atomic E-state index is 0.0355. The predicted octanol–water partition coefficient (Wildman–Crippen LogP) is 0.802. The van der Waals surface area contributed by atoms with Gasteiger partial charge in [0.05, 0.1) is 5.75 Å². The molecule has 0 spiro atoms. The number of nitrogens with zero attached hydrogens (tertiary/aromatic N) is 1. The van der Waals surface area contributed by atoms with Crippen molar-refractivity contribution in [1.29, 1.82) is 0 Å². The van der Waals surface area contributed by atoms with Crippen molar-refractivity contribution in [3.63, 3.8) is 0 Å². The van der Waals surface area contributed by atoms with E-state index in [0.717, 1.165) is 6.42 Å². The molecule has 0 N–H and O–H groups in total. The summed E-state index contributed by atoms with van der Waals surface area (Å²) >= 11 is 0. The van der Waals surface area contributed by atoms with Crippen LogP contribution in [0.15, 0.2) is 16.9 Å². The van der Waals surface area contributed by atoms with Gasteiger partial charge in [0.2, 0.25) is 0 Å². The number of carbonyl (C=O) groups excluding carboxylic acids is 1. The van der Waals surface area contributed by atoms with Gasteiger partial charge >= 0.3 is 0 Å². The normalized spacial score (nSPS) is 15.3. The Morgan fingerprint density at radius 1 is 1.21 bits per heavy atom. The highest BCUT2D eigenvalue weighted by Crippen LogP contribution is 2.19. The van der Waals surface area contributed by atoms with Gasteiger partial charge in [-0.25, -0.2) is 8.42 Å². The van der Waals surface area contributed by atoms with Crippen LogP contribution in [0.4, 0.5) is 0 Å². The highest BCUT2D eigenvalue weighted by Gasteiger charge is 2.21. The number of Topliss-reactive ketones (excluding diaryl/α,β-unsaturated/α-hetero) is 1. The molecular formula is C13H17NO4S. The van der Waals surface area contributed by atoms with E-state index in [4.69, 9.17) is 0 Å². The monoisotopic (exact) mass is 283 g/mol. The molecular weight excluding hydrogens is 266 g/mol. The molecule has 1 aliphatic carbocycles. The number of hydrogen-bond acceptors (Lipinski definition) is 4. The second kappa shape index (κ2) is 5.28. The molecule has 0 saturated heterocycles. The second-order valence-corrected chi connectivity index (χ2v) is 7.17. The first-order valence-corrected chi connectivity index (χ1v) is 8.23. The van der Waals surface area contributed by atoms with Crippen molar-refractivity contribution in [2.45, 2.75) is 32.7 Å². The van der Waals surface area contributed by atoms with Crippen molar-refractivity contribution >= 4 is 15.6 Å². The molecule has 1 heterocycles. The number of carbonyl (C=O) groups is 1. The van der Waals surface area contributed by atoms with Crippen LogP contribution in [0.3, 0.4) is 0 Å². The lowest BCUT2D eigenvalue weighted by atomic mass is 9.94. The number of fused-ring (bicyclic) bond motifs is 1. The predicted molar refractivity (Wildman–Crippen MR) is 72.3 cm³/mol. The van der Waals surface area contributed by atoms with Crippen LogP contribution in [-0.4, -0.2) is 30.3 Å². The average molecular weight is 283 g/mol. The highest BCUT2D eigenvalue weighted by molar-refractivity contribution is 7.91. The van der Waals surface area contributed by atoms with Crippen LogP contribution in [0.1, 0.15) is 35.8 Å². The first-order valence-electron chi connectivity index (χ1n) is 6.41. The summed E-state index contributed by atoms with van der Waals surface area (Å²) < 4.78 is 24.5. The van der Waals surface area contributed by atoms with Crippen molar-refractivity contribution in [3.05, 3.63) is 33.7 Å². The molecule has 0 aromatic carbocycles. The first-order chi connectivity index (χ1) is 8.94. The van der Waals surface area contributed by atoms with Crippen LogP contribution in [0, 0.1) is 0 Å². The van der Waals surface area contributed by atoms with Gasteiger partial charge in [-0.3, -0.25) is 9.59 Å². The number of aromatic nitrogens is 1. The number of hydrogen-bond donors (Lipinski definition) is 0. The number of sulfone groups is 1. The van der Waals surface area contributed by atoms with E-state index in [1.165, 1.54) is 10.6 Å². The Balaban J connectivity index is 2.38. The molecule has 1 aliphatic rings. The van der Waals surface area contributed by atoms with Gasteiger partial charge in [-0.05, 0) is 18.9 Å². The Kier molecular flexibility index (Phi) is 3.89. The van der Waals surface area contributed by atoms with E-state index in [0.29, 0.717) is 24.1 Å². The molecule has 6 heteroatoms. The Bertz CT molecular complexity index is 658. The van der Waals surface area contributed by atoms with Gasteiger partial charge in [-0.15, -0.1) is 0 Å². The maximum absolute atomic E-state index is 11.9. The second-order valence-electron chi connectivity index (χ2n) is 4.70. The third kappa shape index (κ3) is 2.94. The molecule has 2 rings (SSSR count). The molecule has 0 aliphatic heterocycles. The molecule has 0 saturated carbocycles. The largest absolute Gasteiger partial charge is 0.311 e. The van der Waals surface area contributed by atoms with Gasteiger partial charge in [-0.1, -0.05) is 6.92 Å². The zero-order valence-corrected chi connectivity index (χ0v) is 11.7. The smallest absolute Gasteiger partial charge is 0.250 e. The lowest BCUT2D eigenvalue weighted by Gasteiger charge is -2.19. The quantitative estimate of drug-likeness (QED) is 0.819. The van der Waals surface area contributed by atoms with Crippen molar-refractivity contribution in [2.24, 2.45) is 0 Å². The molecule has 0 radical (unpaired) electrons. The third-order valence-corrected chi connectivity index (χ3v) is 5.16. The molecule has 0 bridgehead atoms. The van der Waals surface area contributed by atoms with Gasteiger partial charge in [-0.2, -0.15) is 0 Å².